The second-order valence-electron chi connectivity index (χ2n) is 5.00. The number of anilines is 1. The molecule has 3 nitrogen and oxygen atoms in total. The topological polar surface area (TPSA) is 24.5 Å². The highest BCUT2D eigenvalue weighted by Gasteiger charge is 2.19. The van der Waals surface area contributed by atoms with Crippen molar-refractivity contribution in [1.82, 2.24) is 5.32 Å². The Morgan fingerprint density at radius 2 is 2.17 bits per heavy atom. The standard InChI is InChI=1S/C15H24N2O/c1-4-12-11-14(7-8-15(12)18-3)17(2)10-9-16-13-5-6-13/h7-8,11,13,16H,4-6,9-10H2,1-3H3. The van der Waals surface area contributed by atoms with Gasteiger partial charge in [0.2, 0.25) is 0 Å². The van der Waals surface area contributed by atoms with Crippen LogP contribution in [0.5, 0.6) is 5.75 Å². The number of hydrogen-bond donors (Lipinski definition) is 1. The number of rotatable bonds is 7. The highest BCUT2D eigenvalue weighted by atomic mass is 16.5. The number of nitrogens with zero attached hydrogens (tertiary/aromatic N) is 1. The van der Waals surface area contributed by atoms with Gasteiger partial charge in [0.25, 0.3) is 0 Å². The van der Waals surface area contributed by atoms with Crippen LogP contribution in [-0.4, -0.2) is 33.3 Å². The van der Waals surface area contributed by atoms with E-state index in [9.17, 15) is 0 Å². The van der Waals surface area contributed by atoms with Crippen molar-refractivity contribution in [3.8, 4) is 5.75 Å². The van der Waals surface area contributed by atoms with Crippen molar-refractivity contribution < 1.29 is 4.74 Å². The molecule has 0 spiro atoms. The summed E-state index contributed by atoms with van der Waals surface area (Å²) in [4.78, 5) is 2.30. The summed E-state index contributed by atoms with van der Waals surface area (Å²) in [6.07, 6.45) is 3.71. The molecule has 1 fully saturated rings. The molecule has 0 bridgehead atoms. The molecular formula is C15H24N2O. The number of likely N-dealkylation sites (N-methyl/N-ethyl adjacent to an activating group) is 1. The number of nitrogens with one attached hydrogen (secondary N) is 1. The van der Waals surface area contributed by atoms with Gasteiger partial charge in [-0.3, -0.25) is 0 Å². The molecule has 0 atom stereocenters. The van der Waals surface area contributed by atoms with Gasteiger partial charge in [0.1, 0.15) is 5.75 Å². The fraction of sp³-hybridized carbons (Fsp3) is 0.600. The quantitative estimate of drug-likeness (QED) is 0.802. The molecule has 3 heteroatoms. The number of methoxy groups -OCH3 is 1. The van der Waals surface area contributed by atoms with E-state index < -0.39 is 0 Å². The Labute approximate surface area is 110 Å². The third kappa shape index (κ3) is 3.39. The van der Waals surface area contributed by atoms with Gasteiger partial charge < -0.3 is 15.0 Å². The number of ether oxygens (including phenoxy) is 1. The normalized spacial score (nSPS) is 14.6. The molecule has 2 rings (SSSR count). The van der Waals surface area contributed by atoms with Gasteiger partial charge in [-0.15, -0.1) is 0 Å². The van der Waals surface area contributed by atoms with Crippen LogP contribution in [0, 0.1) is 0 Å². The second kappa shape index (κ2) is 6.10. The molecule has 1 N–H and O–H groups in total. The van der Waals surface area contributed by atoms with Crippen LogP contribution in [-0.2, 0) is 6.42 Å². The summed E-state index contributed by atoms with van der Waals surface area (Å²) in [5.41, 5.74) is 2.54. The molecule has 0 heterocycles. The molecule has 0 aliphatic heterocycles. The van der Waals surface area contributed by atoms with Crippen LogP contribution in [0.15, 0.2) is 18.2 Å². The van der Waals surface area contributed by atoms with Crippen molar-refractivity contribution in [3.63, 3.8) is 0 Å². The highest BCUT2D eigenvalue weighted by Crippen LogP contribution is 2.25. The van der Waals surface area contributed by atoms with Crippen molar-refractivity contribution in [1.29, 1.82) is 0 Å². The van der Waals surface area contributed by atoms with Gasteiger partial charge in [-0.2, -0.15) is 0 Å². The molecule has 0 saturated heterocycles. The Kier molecular flexibility index (Phi) is 4.48. The minimum atomic E-state index is 0.792. The van der Waals surface area contributed by atoms with Gasteiger partial charge >= 0.3 is 0 Å². The minimum Gasteiger partial charge on any atom is -0.496 e. The van der Waals surface area contributed by atoms with Crippen LogP contribution in [0.2, 0.25) is 0 Å². The maximum absolute atomic E-state index is 5.36. The van der Waals surface area contributed by atoms with Crippen molar-refractivity contribution in [2.75, 3.05) is 32.1 Å². The largest absolute Gasteiger partial charge is 0.496 e. The zero-order valence-electron chi connectivity index (χ0n) is 11.7. The monoisotopic (exact) mass is 248 g/mol. The molecule has 1 aliphatic carbocycles. The summed E-state index contributed by atoms with van der Waals surface area (Å²) in [7, 11) is 3.88. The fourth-order valence-corrected chi connectivity index (χ4v) is 2.13. The first-order chi connectivity index (χ1) is 8.74. The van der Waals surface area contributed by atoms with E-state index in [0.29, 0.717) is 0 Å². The van der Waals surface area contributed by atoms with E-state index in [4.69, 9.17) is 4.74 Å². The van der Waals surface area contributed by atoms with Gasteiger partial charge in [-0.25, -0.2) is 0 Å². The summed E-state index contributed by atoms with van der Waals surface area (Å²) < 4.78 is 5.36. The summed E-state index contributed by atoms with van der Waals surface area (Å²) in [6, 6.07) is 7.23. The molecular weight excluding hydrogens is 224 g/mol. The zero-order valence-corrected chi connectivity index (χ0v) is 11.7. The predicted molar refractivity (Wildman–Crippen MR) is 76.7 cm³/mol. The number of benzene rings is 1. The lowest BCUT2D eigenvalue weighted by atomic mass is 10.1. The highest BCUT2D eigenvalue weighted by molar-refractivity contribution is 5.52. The van der Waals surface area contributed by atoms with E-state index in [1.165, 1.54) is 24.1 Å². The van der Waals surface area contributed by atoms with Crippen molar-refractivity contribution >= 4 is 5.69 Å². The Hall–Kier alpha value is -1.22. The number of hydrogen-bond acceptors (Lipinski definition) is 3. The zero-order chi connectivity index (χ0) is 13.0. The molecule has 0 unspecified atom stereocenters. The molecule has 18 heavy (non-hydrogen) atoms. The summed E-state index contributed by atoms with van der Waals surface area (Å²) in [5, 5.41) is 3.54. The number of aryl methyl sites for hydroxylation is 1. The Bertz CT molecular complexity index is 388. The van der Waals surface area contributed by atoms with Crippen LogP contribution < -0.4 is 15.0 Å². The molecule has 1 aromatic carbocycles. The van der Waals surface area contributed by atoms with Gasteiger partial charge in [0.05, 0.1) is 7.11 Å². The average Bonchev–Trinajstić information content (AvgIpc) is 3.21. The Morgan fingerprint density at radius 1 is 1.39 bits per heavy atom. The summed E-state index contributed by atoms with van der Waals surface area (Å²) in [6.45, 7) is 4.27. The van der Waals surface area contributed by atoms with Crippen molar-refractivity contribution in [2.24, 2.45) is 0 Å². The molecule has 1 saturated carbocycles. The van der Waals surface area contributed by atoms with Crippen LogP contribution in [0.3, 0.4) is 0 Å². The summed E-state index contributed by atoms with van der Waals surface area (Å²) >= 11 is 0. The molecule has 0 amide bonds. The van der Waals surface area contributed by atoms with Gasteiger partial charge in [-0.05, 0) is 43.0 Å². The Morgan fingerprint density at radius 3 is 2.78 bits per heavy atom. The second-order valence-corrected chi connectivity index (χ2v) is 5.00. The van der Waals surface area contributed by atoms with E-state index in [0.717, 1.165) is 31.3 Å². The molecule has 0 radical (unpaired) electrons. The first-order valence-corrected chi connectivity index (χ1v) is 6.86. The fourth-order valence-electron chi connectivity index (χ4n) is 2.13. The molecule has 1 aromatic rings. The van der Waals surface area contributed by atoms with Crippen molar-refractivity contribution in [2.45, 2.75) is 32.2 Å². The maximum Gasteiger partial charge on any atom is 0.122 e. The summed E-state index contributed by atoms with van der Waals surface area (Å²) in [5.74, 6) is 0.991. The predicted octanol–water partition coefficient (Wildman–Crippen LogP) is 2.45. The van der Waals surface area contributed by atoms with Crippen LogP contribution in [0.25, 0.3) is 0 Å². The van der Waals surface area contributed by atoms with Crippen LogP contribution in [0.1, 0.15) is 25.3 Å². The first-order valence-electron chi connectivity index (χ1n) is 6.86. The lowest BCUT2D eigenvalue weighted by Crippen LogP contribution is -2.30. The van der Waals surface area contributed by atoms with Crippen LogP contribution in [0.4, 0.5) is 5.69 Å². The van der Waals surface area contributed by atoms with Crippen molar-refractivity contribution in [3.05, 3.63) is 23.8 Å². The van der Waals surface area contributed by atoms with E-state index in [2.05, 4.69) is 42.4 Å². The third-order valence-corrected chi connectivity index (χ3v) is 3.54. The van der Waals surface area contributed by atoms with E-state index >= 15 is 0 Å². The lowest BCUT2D eigenvalue weighted by Gasteiger charge is -2.21. The minimum absolute atomic E-state index is 0.792. The average molecular weight is 248 g/mol. The van der Waals surface area contributed by atoms with Crippen LogP contribution >= 0.6 is 0 Å². The maximum atomic E-state index is 5.36. The third-order valence-electron chi connectivity index (χ3n) is 3.54. The van der Waals surface area contributed by atoms with E-state index in [1.54, 1.807) is 7.11 Å². The van der Waals surface area contributed by atoms with Gasteiger partial charge in [0.15, 0.2) is 0 Å². The van der Waals surface area contributed by atoms with E-state index in [1.807, 2.05) is 0 Å². The SMILES string of the molecule is CCc1cc(N(C)CCNC2CC2)ccc1OC. The molecule has 1 aliphatic rings. The lowest BCUT2D eigenvalue weighted by molar-refractivity contribution is 0.410. The van der Waals surface area contributed by atoms with E-state index in [-0.39, 0.29) is 0 Å². The smallest absolute Gasteiger partial charge is 0.122 e. The van der Waals surface area contributed by atoms with Gasteiger partial charge in [0, 0.05) is 31.9 Å². The first kappa shape index (κ1) is 13.2. The molecule has 100 valence electrons. The Balaban J connectivity index is 1.93. The molecule has 0 aromatic heterocycles. The van der Waals surface area contributed by atoms with Gasteiger partial charge in [-0.1, -0.05) is 6.92 Å².